The SMILES string of the molecule is C=C(c1[nH]cc2ccccc12)c1[nH]cc2ccccc12. The zero-order chi connectivity index (χ0) is 13.5. The first-order valence-electron chi connectivity index (χ1n) is 6.66. The van der Waals surface area contributed by atoms with Gasteiger partial charge in [0.1, 0.15) is 0 Å². The first-order valence-corrected chi connectivity index (χ1v) is 6.66. The summed E-state index contributed by atoms with van der Waals surface area (Å²) in [4.78, 5) is 6.69. The number of benzene rings is 2. The molecule has 0 radical (unpaired) electrons. The van der Waals surface area contributed by atoms with Crippen molar-refractivity contribution in [2.24, 2.45) is 0 Å². The van der Waals surface area contributed by atoms with Crippen molar-refractivity contribution in [2.75, 3.05) is 0 Å². The molecule has 2 aromatic heterocycles. The monoisotopic (exact) mass is 258 g/mol. The molecule has 4 aromatic rings. The fourth-order valence-electron chi connectivity index (χ4n) is 2.78. The van der Waals surface area contributed by atoms with E-state index in [-0.39, 0.29) is 0 Å². The fraction of sp³-hybridized carbons (Fsp3) is 0. The van der Waals surface area contributed by atoms with Crippen molar-refractivity contribution in [1.82, 2.24) is 9.97 Å². The van der Waals surface area contributed by atoms with Crippen molar-refractivity contribution >= 4 is 27.1 Å². The van der Waals surface area contributed by atoms with Crippen LogP contribution in [0.2, 0.25) is 0 Å². The summed E-state index contributed by atoms with van der Waals surface area (Å²) >= 11 is 0. The maximum absolute atomic E-state index is 4.28. The lowest BCUT2D eigenvalue weighted by Crippen LogP contribution is -1.88. The number of rotatable bonds is 2. The average Bonchev–Trinajstić information content (AvgIpc) is 3.11. The van der Waals surface area contributed by atoms with Crippen molar-refractivity contribution in [2.45, 2.75) is 0 Å². The van der Waals surface area contributed by atoms with E-state index in [1.54, 1.807) is 0 Å². The molecule has 0 unspecified atom stereocenters. The molecule has 0 fully saturated rings. The zero-order valence-electron chi connectivity index (χ0n) is 11.0. The summed E-state index contributed by atoms with van der Waals surface area (Å²) < 4.78 is 0. The predicted octanol–water partition coefficient (Wildman–Crippen LogP) is 4.71. The van der Waals surface area contributed by atoms with Gasteiger partial charge in [0.15, 0.2) is 0 Å². The number of aromatic nitrogens is 2. The fourth-order valence-corrected chi connectivity index (χ4v) is 2.78. The highest BCUT2D eigenvalue weighted by atomic mass is 14.7. The van der Waals surface area contributed by atoms with E-state index in [1.807, 2.05) is 24.5 Å². The Labute approximate surface area is 116 Å². The van der Waals surface area contributed by atoms with Crippen LogP contribution in [0, 0.1) is 0 Å². The largest absolute Gasteiger partial charge is 0.360 e. The van der Waals surface area contributed by atoms with Gasteiger partial charge in [-0.3, -0.25) is 0 Å². The molecule has 96 valence electrons. The summed E-state index contributed by atoms with van der Waals surface area (Å²) in [6.45, 7) is 4.28. The molecular weight excluding hydrogens is 244 g/mol. The van der Waals surface area contributed by atoms with Crippen molar-refractivity contribution in [3.05, 3.63) is 78.9 Å². The Bertz CT molecular complexity index is 849. The summed E-state index contributed by atoms with van der Waals surface area (Å²) in [5.74, 6) is 0. The standard InChI is InChI=1S/C18H14N2/c1-12(17-15-8-4-2-6-13(15)10-19-17)18-16-9-5-3-7-14(16)11-20-18/h2-11,19-20H,1H2. The van der Waals surface area contributed by atoms with E-state index >= 15 is 0 Å². The van der Waals surface area contributed by atoms with Crippen LogP contribution >= 0.6 is 0 Å². The van der Waals surface area contributed by atoms with Crippen LogP contribution in [0.5, 0.6) is 0 Å². The van der Waals surface area contributed by atoms with E-state index in [0.29, 0.717) is 0 Å². The number of fused-ring (bicyclic) bond motifs is 2. The molecular formula is C18H14N2. The summed E-state index contributed by atoms with van der Waals surface area (Å²) in [5, 5.41) is 4.83. The average molecular weight is 258 g/mol. The second-order valence-electron chi connectivity index (χ2n) is 4.98. The third kappa shape index (κ3) is 1.51. The molecule has 0 aliphatic heterocycles. The first kappa shape index (κ1) is 11.1. The van der Waals surface area contributed by atoms with Crippen LogP contribution in [0.15, 0.2) is 67.5 Å². The number of aromatic amines is 2. The Morgan fingerprint density at radius 3 is 1.65 bits per heavy atom. The molecule has 4 rings (SSSR count). The van der Waals surface area contributed by atoms with Gasteiger partial charge in [0.05, 0.1) is 11.4 Å². The van der Waals surface area contributed by atoms with Gasteiger partial charge in [0, 0.05) is 28.7 Å². The molecule has 2 heterocycles. The number of H-pyrrole nitrogens is 2. The number of nitrogens with one attached hydrogen (secondary N) is 2. The molecule has 2 nitrogen and oxygen atoms in total. The van der Waals surface area contributed by atoms with Gasteiger partial charge in [-0.1, -0.05) is 55.1 Å². The third-order valence-corrected chi connectivity index (χ3v) is 3.81. The molecule has 0 atom stereocenters. The molecule has 2 heteroatoms. The molecule has 20 heavy (non-hydrogen) atoms. The minimum atomic E-state index is 0.993. The Morgan fingerprint density at radius 2 is 1.15 bits per heavy atom. The zero-order valence-corrected chi connectivity index (χ0v) is 11.0. The Balaban J connectivity index is 1.92. The van der Waals surface area contributed by atoms with Crippen molar-refractivity contribution in [1.29, 1.82) is 0 Å². The van der Waals surface area contributed by atoms with Gasteiger partial charge in [0.2, 0.25) is 0 Å². The lowest BCUT2D eigenvalue weighted by atomic mass is 10.0. The lowest BCUT2D eigenvalue weighted by molar-refractivity contribution is 1.32. The van der Waals surface area contributed by atoms with E-state index in [0.717, 1.165) is 17.0 Å². The van der Waals surface area contributed by atoms with Gasteiger partial charge >= 0.3 is 0 Å². The maximum atomic E-state index is 4.28. The highest BCUT2D eigenvalue weighted by Crippen LogP contribution is 2.31. The highest BCUT2D eigenvalue weighted by molar-refractivity contribution is 6.01. The summed E-state index contributed by atoms with van der Waals surface area (Å²) in [7, 11) is 0. The highest BCUT2D eigenvalue weighted by Gasteiger charge is 2.12. The smallest absolute Gasteiger partial charge is 0.0549 e. The third-order valence-electron chi connectivity index (χ3n) is 3.81. The number of hydrogen-bond donors (Lipinski definition) is 2. The van der Waals surface area contributed by atoms with Crippen LogP contribution in [0.25, 0.3) is 27.1 Å². The first-order chi connectivity index (χ1) is 9.84. The quantitative estimate of drug-likeness (QED) is 0.522. The van der Waals surface area contributed by atoms with Crippen LogP contribution in [0.1, 0.15) is 11.4 Å². The van der Waals surface area contributed by atoms with Crippen LogP contribution < -0.4 is 0 Å². The topological polar surface area (TPSA) is 31.6 Å². The second-order valence-corrected chi connectivity index (χ2v) is 4.98. The Morgan fingerprint density at radius 1 is 0.700 bits per heavy atom. The van der Waals surface area contributed by atoms with E-state index in [1.165, 1.54) is 21.5 Å². The normalized spacial score (nSPS) is 11.2. The summed E-state index contributed by atoms with van der Waals surface area (Å²) in [6, 6.07) is 16.7. The van der Waals surface area contributed by atoms with E-state index in [2.05, 4.69) is 52.9 Å². The second kappa shape index (κ2) is 4.14. The molecule has 0 spiro atoms. The minimum absolute atomic E-state index is 0.993. The van der Waals surface area contributed by atoms with E-state index in [9.17, 15) is 0 Å². The predicted molar refractivity (Wildman–Crippen MR) is 84.7 cm³/mol. The molecule has 0 amide bonds. The van der Waals surface area contributed by atoms with Crippen molar-refractivity contribution in [3.8, 4) is 0 Å². The molecule has 0 saturated carbocycles. The van der Waals surface area contributed by atoms with E-state index in [4.69, 9.17) is 0 Å². The molecule has 0 saturated heterocycles. The Kier molecular flexibility index (Phi) is 2.30. The Hall–Kier alpha value is -2.74. The van der Waals surface area contributed by atoms with Gasteiger partial charge in [-0.05, 0) is 10.8 Å². The molecule has 0 aliphatic carbocycles. The van der Waals surface area contributed by atoms with Gasteiger partial charge < -0.3 is 9.97 Å². The van der Waals surface area contributed by atoms with Crippen molar-refractivity contribution < 1.29 is 0 Å². The minimum Gasteiger partial charge on any atom is -0.360 e. The lowest BCUT2D eigenvalue weighted by Gasteiger charge is -2.04. The van der Waals surface area contributed by atoms with Gasteiger partial charge in [-0.25, -0.2) is 0 Å². The molecule has 2 N–H and O–H groups in total. The molecule has 0 bridgehead atoms. The van der Waals surface area contributed by atoms with Crippen LogP contribution in [0.3, 0.4) is 0 Å². The van der Waals surface area contributed by atoms with Crippen molar-refractivity contribution in [3.63, 3.8) is 0 Å². The van der Waals surface area contributed by atoms with Gasteiger partial charge in [-0.2, -0.15) is 0 Å². The van der Waals surface area contributed by atoms with E-state index < -0.39 is 0 Å². The van der Waals surface area contributed by atoms with Crippen LogP contribution in [-0.4, -0.2) is 9.97 Å². The summed E-state index contributed by atoms with van der Waals surface area (Å²) in [6.07, 6.45) is 4.06. The van der Waals surface area contributed by atoms with Gasteiger partial charge in [-0.15, -0.1) is 0 Å². The summed E-state index contributed by atoms with van der Waals surface area (Å²) in [5.41, 5.74) is 3.15. The van der Waals surface area contributed by atoms with Gasteiger partial charge in [0.25, 0.3) is 0 Å². The van der Waals surface area contributed by atoms with Crippen LogP contribution in [0.4, 0.5) is 0 Å². The number of hydrogen-bond acceptors (Lipinski definition) is 0. The van der Waals surface area contributed by atoms with Crippen LogP contribution in [-0.2, 0) is 0 Å². The maximum Gasteiger partial charge on any atom is 0.0549 e. The molecule has 2 aromatic carbocycles. The molecule has 0 aliphatic rings.